The molecule has 1 aromatic carbocycles. The molecule has 2 unspecified atom stereocenters. The summed E-state index contributed by atoms with van der Waals surface area (Å²) in [6, 6.07) is 0. The van der Waals surface area contributed by atoms with E-state index >= 15 is 0 Å². The maximum atomic E-state index is 13.2. The molecule has 16 nitrogen and oxygen atoms in total. The third-order valence-corrected chi connectivity index (χ3v) is 8.31. The van der Waals surface area contributed by atoms with Crippen LogP contribution >= 0.6 is 0 Å². The van der Waals surface area contributed by atoms with Gasteiger partial charge in [-0.05, 0) is 27.2 Å². The van der Waals surface area contributed by atoms with Crippen molar-refractivity contribution in [1.29, 1.82) is 0 Å². The minimum absolute atomic E-state index is 0.0233. The van der Waals surface area contributed by atoms with Crippen LogP contribution in [-0.4, -0.2) is 100 Å². The number of carbonyl (C=O) groups is 3. The molecule has 16 heteroatoms. The quantitative estimate of drug-likeness (QED) is 0.188. The van der Waals surface area contributed by atoms with Crippen LogP contribution in [0.5, 0.6) is 17.2 Å². The first-order valence-electron chi connectivity index (χ1n) is 15.6. The Balaban J connectivity index is 1.47. The van der Waals surface area contributed by atoms with E-state index in [0.717, 1.165) is 0 Å². The molecule has 2 atom stereocenters. The first-order valence-corrected chi connectivity index (χ1v) is 15.6. The molecule has 0 bridgehead atoms. The standard InChI is InChI=1S/C32H37N7O9/c1-5-11-46-24-17-12-20(32(3,4)44)47-23(17)19(14-41)25-21(24)16(18(13-40)26(48-25)29(43)45-6-2)7-9-38-10-8-34-31(38)39-15-35-22-27(39)36-30(33)37-28(22)42/h7-8,10,13,20,31,34,41,44H,5-6,9,11-12,14-15H2,1-4H3,(H2,33,37,42). The summed E-state index contributed by atoms with van der Waals surface area (Å²) >= 11 is 0. The number of hydrogen-bond acceptors (Lipinski definition) is 15. The molecular formula is C32H37N7O9. The van der Waals surface area contributed by atoms with E-state index in [1.165, 1.54) is 0 Å². The Kier molecular flexibility index (Phi) is 8.70. The fourth-order valence-corrected chi connectivity index (χ4v) is 6.05. The smallest absolute Gasteiger partial charge is 0.375 e. The van der Waals surface area contributed by atoms with Crippen LogP contribution < -0.4 is 25.3 Å². The number of guanidine groups is 1. The maximum absolute atomic E-state index is 13.2. The number of aldehydes is 1. The highest BCUT2D eigenvalue weighted by Crippen LogP contribution is 2.54. The van der Waals surface area contributed by atoms with Gasteiger partial charge in [0, 0.05) is 36.5 Å². The van der Waals surface area contributed by atoms with Crippen molar-refractivity contribution in [3.05, 3.63) is 46.5 Å². The van der Waals surface area contributed by atoms with E-state index < -0.39 is 36.5 Å². The van der Waals surface area contributed by atoms with Gasteiger partial charge in [-0.2, -0.15) is 9.98 Å². The zero-order chi connectivity index (χ0) is 34.3. The summed E-state index contributed by atoms with van der Waals surface area (Å²) < 4.78 is 23.9. The molecule has 1 aromatic rings. The lowest BCUT2D eigenvalue weighted by molar-refractivity contribution is -0.141. The van der Waals surface area contributed by atoms with E-state index in [4.69, 9.17) is 24.7 Å². The van der Waals surface area contributed by atoms with Crippen LogP contribution in [0, 0.1) is 0 Å². The highest BCUT2D eigenvalue weighted by atomic mass is 16.6. The maximum Gasteiger partial charge on any atom is 0.375 e. The summed E-state index contributed by atoms with van der Waals surface area (Å²) in [7, 11) is 0. The van der Waals surface area contributed by atoms with Crippen LogP contribution in [0.3, 0.4) is 0 Å². The van der Waals surface area contributed by atoms with E-state index in [1.54, 1.807) is 44.1 Å². The average Bonchev–Trinajstić information content (AvgIpc) is 3.80. The molecule has 254 valence electrons. The fraction of sp³-hybridized carbons (Fsp3) is 0.438. The van der Waals surface area contributed by atoms with E-state index in [9.17, 15) is 24.6 Å². The van der Waals surface area contributed by atoms with Crippen molar-refractivity contribution in [2.24, 2.45) is 20.7 Å². The van der Waals surface area contributed by atoms with Crippen molar-refractivity contribution in [1.82, 2.24) is 15.1 Å². The van der Waals surface area contributed by atoms with Gasteiger partial charge in [-0.1, -0.05) is 13.0 Å². The molecule has 0 saturated carbocycles. The molecule has 48 heavy (non-hydrogen) atoms. The number of allylic oxidation sites excluding steroid dienone is 2. The topological polar surface area (TPSA) is 210 Å². The number of nitrogens with zero attached hydrogens (tertiary/aromatic N) is 5. The molecule has 5 aliphatic rings. The van der Waals surface area contributed by atoms with E-state index in [0.29, 0.717) is 41.8 Å². The summed E-state index contributed by atoms with van der Waals surface area (Å²) in [6.45, 7) is 6.88. The number of carbonyl (C=O) groups excluding carboxylic acids is 3. The van der Waals surface area contributed by atoms with Crippen LogP contribution in [0.4, 0.5) is 0 Å². The van der Waals surface area contributed by atoms with Gasteiger partial charge in [0.05, 0.1) is 42.1 Å². The molecule has 5 N–H and O–H groups in total. The third kappa shape index (κ3) is 5.56. The van der Waals surface area contributed by atoms with Gasteiger partial charge in [-0.25, -0.2) is 4.79 Å². The predicted molar refractivity (Wildman–Crippen MR) is 172 cm³/mol. The second kappa shape index (κ2) is 12.8. The number of aliphatic hydroxyl groups is 2. The van der Waals surface area contributed by atoms with Crippen molar-refractivity contribution < 1.29 is 43.5 Å². The third-order valence-electron chi connectivity index (χ3n) is 8.31. The molecule has 5 aliphatic heterocycles. The largest absolute Gasteiger partial charge is 0.492 e. The highest BCUT2D eigenvalue weighted by molar-refractivity contribution is 6.69. The van der Waals surface area contributed by atoms with Crippen molar-refractivity contribution >= 4 is 41.2 Å². The molecule has 0 aliphatic carbocycles. The van der Waals surface area contributed by atoms with E-state index in [2.05, 4.69) is 20.3 Å². The zero-order valence-corrected chi connectivity index (χ0v) is 27.0. The Hall–Kier alpha value is -5.22. The number of ether oxygens (including phenoxy) is 4. The highest BCUT2D eigenvalue weighted by Gasteiger charge is 2.44. The first kappa shape index (κ1) is 32.7. The number of amidine groups is 1. The molecule has 0 aromatic heterocycles. The number of nitrogens with two attached hydrogens (primary N) is 1. The van der Waals surface area contributed by atoms with Gasteiger partial charge in [0.25, 0.3) is 0 Å². The fourth-order valence-electron chi connectivity index (χ4n) is 6.05. The van der Waals surface area contributed by atoms with Crippen molar-refractivity contribution in [2.45, 2.75) is 65.1 Å². The lowest BCUT2D eigenvalue weighted by atomic mass is 9.87. The number of aliphatic hydroxyl groups excluding tert-OH is 1. The Morgan fingerprint density at radius 1 is 1.27 bits per heavy atom. The van der Waals surface area contributed by atoms with Crippen molar-refractivity contribution in [3.8, 4) is 17.2 Å². The Bertz CT molecular complexity index is 1750. The second-order valence-corrected chi connectivity index (χ2v) is 12.0. The number of aliphatic imine (C=N–C) groups is 3. The molecule has 1 amide bonds. The summed E-state index contributed by atoms with van der Waals surface area (Å²) in [5.74, 6) is -0.973. The summed E-state index contributed by atoms with van der Waals surface area (Å²) in [5, 5.41) is 24.7. The number of esters is 1. The van der Waals surface area contributed by atoms with E-state index in [-0.39, 0.29) is 72.1 Å². The van der Waals surface area contributed by atoms with Gasteiger partial charge in [0.2, 0.25) is 11.7 Å². The Labute approximate surface area is 275 Å². The van der Waals surface area contributed by atoms with Crippen LogP contribution in [0.25, 0.3) is 5.57 Å². The van der Waals surface area contributed by atoms with Crippen LogP contribution in [0.1, 0.15) is 50.8 Å². The number of nitrogens with one attached hydrogen (secondary N) is 1. The van der Waals surface area contributed by atoms with Gasteiger partial charge in [0.1, 0.15) is 30.0 Å². The summed E-state index contributed by atoms with van der Waals surface area (Å²) in [6.07, 6.45) is 5.42. The monoisotopic (exact) mass is 663 g/mol. The summed E-state index contributed by atoms with van der Waals surface area (Å²) in [4.78, 5) is 54.2. The first-order chi connectivity index (χ1) is 23.0. The molecule has 0 fully saturated rings. The van der Waals surface area contributed by atoms with Crippen molar-refractivity contribution in [2.75, 3.05) is 26.4 Å². The van der Waals surface area contributed by atoms with Gasteiger partial charge < -0.3 is 45.1 Å². The SMILES string of the molecule is CCCOc1c2c(c(CO)c3c1C(=CCN1C=CNC1N1CN=C4C(=O)N=C(N)N=C41)C(C=O)=C(C(=O)OCC)O3)OC(C(C)(C)O)C2. The van der Waals surface area contributed by atoms with E-state index in [1.807, 2.05) is 11.8 Å². The Morgan fingerprint density at radius 3 is 2.75 bits per heavy atom. The number of amides is 1. The van der Waals surface area contributed by atoms with Gasteiger partial charge >= 0.3 is 11.9 Å². The van der Waals surface area contributed by atoms with Gasteiger partial charge in [0.15, 0.2) is 24.1 Å². The second-order valence-electron chi connectivity index (χ2n) is 12.0. The lowest BCUT2D eigenvalue weighted by Gasteiger charge is -2.34. The normalized spacial score (nSPS) is 21.9. The lowest BCUT2D eigenvalue weighted by Crippen LogP contribution is -2.53. The number of fused-ring (bicyclic) bond motifs is 3. The minimum atomic E-state index is -1.25. The molecule has 6 rings (SSSR count). The Morgan fingerprint density at radius 2 is 2.06 bits per heavy atom. The minimum Gasteiger partial charge on any atom is -0.492 e. The molecule has 0 radical (unpaired) electrons. The van der Waals surface area contributed by atoms with Crippen molar-refractivity contribution in [3.63, 3.8) is 0 Å². The number of benzene rings is 1. The molecular weight excluding hydrogens is 626 g/mol. The van der Waals surface area contributed by atoms with Crippen LogP contribution in [0.15, 0.2) is 44.8 Å². The number of hydrogen-bond donors (Lipinski definition) is 4. The predicted octanol–water partition coefficient (Wildman–Crippen LogP) is 0.462. The van der Waals surface area contributed by atoms with Crippen LogP contribution in [0.2, 0.25) is 0 Å². The molecule has 5 heterocycles. The van der Waals surface area contributed by atoms with Crippen LogP contribution in [-0.2, 0) is 32.1 Å². The number of rotatable bonds is 11. The van der Waals surface area contributed by atoms with Gasteiger partial charge in [-0.3, -0.25) is 19.5 Å². The molecule has 0 saturated heterocycles. The summed E-state index contributed by atoms with van der Waals surface area (Å²) in [5.41, 5.74) is 6.05. The zero-order valence-electron chi connectivity index (χ0n) is 27.0. The molecule has 0 spiro atoms. The average molecular weight is 664 g/mol. The van der Waals surface area contributed by atoms with Gasteiger partial charge in [-0.15, -0.1) is 0 Å².